The van der Waals surface area contributed by atoms with Gasteiger partial charge in [-0.25, -0.2) is 0 Å². The molecular weight excluding hydrogens is 310 g/mol. The van der Waals surface area contributed by atoms with E-state index in [4.69, 9.17) is 4.99 Å². The van der Waals surface area contributed by atoms with Gasteiger partial charge in [-0.3, -0.25) is 4.99 Å². The molecule has 0 aromatic heterocycles. The van der Waals surface area contributed by atoms with Crippen LogP contribution in [0.15, 0.2) is 102 Å². The molecule has 1 heterocycles. The molecule has 0 fully saturated rings. The minimum absolute atomic E-state index is 0.0536. The Hall–Kier alpha value is -2.58. The fraction of sp³-hybridized carbons (Fsp3) is 0.0455. The van der Waals surface area contributed by atoms with Crippen molar-refractivity contribution >= 4 is 21.7 Å². The Balaban J connectivity index is 1.78. The summed E-state index contributed by atoms with van der Waals surface area (Å²) in [5, 5.41) is 1.07. The molecule has 2 heteroatoms. The third kappa shape index (κ3) is 3.19. The van der Waals surface area contributed by atoms with Gasteiger partial charge in [-0.1, -0.05) is 103 Å². The van der Waals surface area contributed by atoms with Crippen LogP contribution in [0, 0.1) is 0 Å². The number of benzene rings is 3. The molecule has 0 amide bonds. The predicted molar refractivity (Wildman–Crippen MR) is 104 cm³/mol. The molecule has 3 aromatic rings. The molecule has 0 saturated heterocycles. The second-order valence-corrected chi connectivity index (χ2v) is 6.69. The summed E-state index contributed by atoms with van der Waals surface area (Å²) in [6, 6.07) is 31.5. The monoisotopic (exact) mass is 327 g/mol. The van der Waals surface area contributed by atoms with Crippen molar-refractivity contribution in [2.75, 3.05) is 0 Å². The summed E-state index contributed by atoms with van der Waals surface area (Å²) in [4.78, 5) is 6.26. The Kier molecular flexibility index (Phi) is 4.30. The van der Waals surface area contributed by atoms with Crippen molar-refractivity contribution in [2.24, 2.45) is 4.99 Å². The maximum atomic E-state index is 5.00. The van der Waals surface area contributed by atoms with Crippen LogP contribution < -0.4 is 0 Å². The second-order valence-electron chi connectivity index (χ2n) is 5.65. The molecule has 3 aromatic carbocycles. The quantitative estimate of drug-likeness (QED) is 0.578. The van der Waals surface area contributed by atoms with Crippen LogP contribution in [-0.2, 0) is 0 Å². The molecule has 1 unspecified atom stereocenters. The van der Waals surface area contributed by atoms with Gasteiger partial charge in [0, 0.05) is 10.5 Å². The lowest BCUT2D eigenvalue weighted by Crippen LogP contribution is -2.06. The molecule has 0 spiro atoms. The summed E-state index contributed by atoms with van der Waals surface area (Å²) < 4.78 is 0. The SMILES string of the molecule is C1=C(c2ccccc2)SC(c2ccccc2)=NC1c1ccccc1. The number of thioether (sulfide) groups is 1. The zero-order valence-electron chi connectivity index (χ0n) is 13.2. The van der Waals surface area contributed by atoms with Gasteiger partial charge in [0.15, 0.2) is 0 Å². The zero-order valence-corrected chi connectivity index (χ0v) is 14.0. The van der Waals surface area contributed by atoms with E-state index >= 15 is 0 Å². The van der Waals surface area contributed by atoms with Crippen LogP contribution in [0.2, 0.25) is 0 Å². The van der Waals surface area contributed by atoms with E-state index in [1.54, 1.807) is 11.8 Å². The van der Waals surface area contributed by atoms with E-state index in [1.165, 1.54) is 21.6 Å². The van der Waals surface area contributed by atoms with Crippen molar-refractivity contribution in [3.05, 3.63) is 114 Å². The number of rotatable bonds is 3. The van der Waals surface area contributed by atoms with Crippen molar-refractivity contribution in [1.29, 1.82) is 0 Å². The Labute approximate surface area is 146 Å². The first-order valence-electron chi connectivity index (χ1n) is 8.03. The second kappa shape index (κ2) is 6.90. The zero-order chi connectivity index (χ0) is 16.2. The Morgan fingerprint density at radius 1 is 0.625 bits per heavy atom. The molecule has 1 aliphatic rings. The normalized spacial score (nSPS) is 17.1. The molecule has 0 aliphatic carbocycles. The lowest BCUT2D eigenvalue weighted by Gasteiger charge is -2.21. The summed E-state index contributed by atoms with van der Waals surface area (Å²) in [6.07, 6.45) is 2.27. The molecule has 116 valence electrons. The molecule has 4 rings (SSSR count). The van der Waals surface area contributed by atoms with E-state index in [1.807, 2.05) is 12.1 Å². The number of aliphatic imine (C=N–C) groups is 1. The summed E-state index contributed by atoms with van der Waals surface area (Å²) >= 11 is 1.75. The van der Waals surface area contributed by atoms with Gasteiger partial charge in [-0.15, -0.1) is 0 Å². The van der Waals surface area contributed by atoms with Gasteiger partial charge < -0.3 is 0 Å². The van der Waals surface area contributed by atoms with Crippen molar-refractivity contribution in [1.82, 2.24) is 0 Å². The standard InChI is InChI=1S/C22H17NS/c1-4-10-17(11-5-1)20-16-21(18-12-6-2-7-13-18)24-22(23-20)19-14-8-3-9-15-19/h1-16,20H. The van der Waals surface area contributed by atoms with Crippen LogP contribution in [0.1, 0.15) is 22.7 Å². The summed E-state index contributed by atoms with van der Waals surface area (Å²) in [5.74, 6) is 0. The van der Waals surface area contributed by atoms with Gasteiger partial charge in [-0.05, 0) is 17.2 Å². The smallest absolute Gasteiger partial charge is 0.104 e. The molecule has 1 atom stereocenters. The van der Waals surface area contributed by atoms with Crippen molar-refractivity contribution in [3.63, 3.8) is 0 Å². The Morgan fingerprint density at radius 2 is 1.17 bits per heavy atom. The third-order valence-electron chi connectivity index (χ3n) is 3.99. The van der Waals surface area contributed by atoms with E-state index in [9.17, 15) is 0 Å². The first-order valence-corrected chi connectivity index (χ1v) is 8.85. The van der Waals surface area contributed by atoms with Gasteiger partial charge in [0.1, 0.15) is 5.04 Å². The minimum Gasteiger partial charge on any atom is -0.265 e. The van der Waals surface area contributed by atoms with Crippen LogP contribution in [0.25, 0.3) is 4.91 Å². The minimum atomic E-state index is 0.0536. The van der Waals surface area contributed by atoms with E-state index in [-0.39, 0.29) is 6.04 Å². The lowest BCUT2D eigenvalue weighted by molar-refractivity contribution is 0.918. The average molecular weight is 327 g/mol. The third-order valence-corrected chi connectivity index (χ3v) is 5.12. The van der Waals surface area contributed by atoms with Crippen molar-refractivity contribution in [3.8, 4) is 0 Å². The van der Waals surface area contributed by atoms with Crippen molar-refractivity contribution < 1.29 is 0 Å². The van der Waals surface area contributed by atoms with Crippen LogP contribution >= 0.6 is 11.8 Å². The first kappa shape index (κ1) is 15.0. The van der Waals surface area contributed by atoms with E-state index < -0.39 is 0 Å². The van der Waals surface area contributed by atoms with Crippen LogP contribution in [0.3, 0.4) is 0 Å². The fourth-order valence-corrected chi connectivity index (χ4v) is 3.84. The highest BCUT2D eigenvalue weighted by molar-refractivity contribution is 8.22. The summed E-state index contributed by atoms with van der Waals surface area (Å²) in [5.41, 5.74) is 3.64. The van der Waals surface area contributed by atoms with Crippen LogP contribution in [0.5, 0.6) is 0 Å². The number of hydrogen-bond donors (Lipinski definition) is 0. The van der Waals surface area contributed by atoms with Gasteiger partial charge >= 0.3 is 0 Å². The molecular formula is C22H17NS. The Bertz CT molecular complexity index is 812. The number of nitrogens with zero attached hydrogens (tertiary/aromatic N) is 1. The molecule has 24 heavy (non-hydrogen) atoms. The van der Waals surface area contributed by atoms with Gasteiger partial charge in [0.25, 0.3) is 0 Å². The Morgan fingerprint density at radius 3 is 1.79 bits per heavy atom. The molecule has 0 radical (unpaired) electrons. The molecule has 0 saturated carbocycles. The average Bonchev–Trinajstić information content (AvgIpc) is 2.70. The summed E-state index contributed by atoms with van der Waals surface area (Å²) in [7, 11) is 0. The molecule has 1 nitrogen and oxygen atoms in total. The maximum absolute atomic E-state index is 5.00. The van der Waals surface area contributed by atoms with Crippen LogP contribution in [0.4, 0.5) is 0 Å². The van der Waals surface area contributed by atoms with Crippen LogP contribution in [-0.4, -0.2) is 5.04 Å². The van der Waals surface area contributed by atoms with Gasteiger partial charge in [0.2, 0.25) is 0 Å². The summed E-state index contributed by atoms with van der Waals surface area (Å²) in [6.45, 7) is 0. The molecule has 0 bridgehead atoms. The van der Waals surface area contributed by atoms with Gasteiger partial charge in [0.05, 0.1) is 6.04 Å². The highest BCUT2D eigenvalue weighted by Crippen LogP contribution is 2.39. The molecule has 0 N–H and O–H groups in total. The number of hydrogen-bond acceptors (Lipinski definition) is 2. The highest BCUT2D eigenvalue weighted by Gasteiger charge is 2.20. The fourth-order valence-electron chi connectivity index (χ4n) is 2.76. The topological polar surface area (TPSA) is 12.4 Å². The largest absolute Gasteiger partial charge is 0.265 e. The van der Waals surface area contributed by atoms with Crippen molar-refractivity contribution in [2.45, 2.75) is 6.04 Å². The van der Waals surface area contributed by atoms with E-state index in [0.717, 1.165) is 5.04 Å². The van der Waals surface area contributed by atoms with E-state index in [0.29, 0.717) is 0 Å². The molecule has 1 aliphatic heterocycles. The lowest BCUT2D eigenvalue weighted by atomic mass is 10.1. The first-order chi connectivity index (χ1) is 11.9. The van der Waals surface area contributed by atoms with Gasteiger partial charge in [-0.2, -0.15) is 0 Å². The predicted octanol–water partition coefficient (Wildman–Crippen LogP) is 5.96. The maximum Gasteiger partial charge on any atom is 0.104 e. The van der Waals surface area contributed by atoms with E-state index in [2.05, 4.69) is 84.9 Å². The highest BCUT2D eigenvalue weighted by atomic mass is 32.2.